The third-order valence-electron chi connectivity index (χ3n) is 3.18. The van der Waals surface area contributed by atoms with E-state index in [-0.39, 0.29) is 11.5 Å². The number of carbonyl (C=O) groups is 1. The average Bonchev–Trinajstić information content (AvgIpc) is 2.15. The minimum absolute atomic E-state index is 0.0901. The van der Waals surface area contributed by atoms with E-state index in [4.69, 9.17) is 4.74 Å². The van der Waals surface area contributed by atoms with Crippen molar-refractivity contribution in [1.82, 2.24) is 0 Å². The van der Waals surface area contributed by atoms with Crippen LogP contribution in [0, 0.1) is 5.41 Å². The Morgan fingerprint density at radius 3 is 2.36 bits per heavy atom. The van der Waals surface area contributed by atoms with E-state index in [1.807, 2.05) is 13.8 Å². The Morgan fingerprint density at radius 2 is 1.86 bits per heavy atom. The van der Waals surface area contributed by atoms with Crippen LogP contribution in [0.25, 0.3) is 0 Å². The first-order chi connectivity index (χ1) is 6.54. The van der Waals surface area contributed by atoms with Crippen molar-refractivity contribution in [3.63, 3.8) is 0 Å². The lowest BCUT2D eigenvalue weighted by Crippen LogP contribution is -2.33. The van der Waals surface area contributed by atoms with Gasteiger partial charge >= 0.3 is 0 Å². The smallest absolute Gasteiger partial charge is 0.164 e. The number of hydrogen-bond donors (Lipinski definition) is 0. The second kappa shape index (κ2) is 4.92. The highest BCUT2D eigenvalue weighted by molar-refractivity contribution is 5.85. The Balaban J connectivity index is 2.41. The van der Waals surface area contributed by atoms with E-state index in [1.54, 1.807) is 0 Å². The van der Waals surface area contributed by atoms with Crippen LogP contribution in [0.3, 0.4) is 0 Å². The van der Waals surface area contributed by atoms with Crippen LogP contribution in [0.4, 0.5) is 0 Å². The van der Waals surface area contributed by atoms with Crippen LogP contribution in [0.2, 0.25) is 0 Å². The van der Waals surface area contributed by atoms with Gasteiger partial charge in [-0.05, 0) is 26.7 Å². The Kier molecular flexibility index (Phi) is 4.11. The van der Waals surface area contributed by atoms with Crippen molar-refractivity contribution in [1.29, 1.82) is 0 Å². The average molecular weight is 198 g/mol. The maximum atomic E-state index is 11.9. The summed E-state index contributed by atoms with van der Waals surface area (Å²) in [7, 11) is 0. The fourth-order valence-electron chi connectivity index (χ4n) is 2.03. The van der Waals surface area contributed by atoms with E-state index in [1.165, 1.54) is 19.3 Å². The Hall–Kier alpha value is -0.370. The van der Waals surface area contributed by atoms with Gasteiger partial charge in [0.1, 0.15) is 6.61 Å². The van der Waals surface area contributed by atoms with Crippen LogP contribution in [-0.4, -0.2) is 18.5 Å². The van der Waals surface area contributed by atoms with Crippen molar-refractivity contribution in [2.75, 3.05) is 6.61 Å². The van der Waals surface area contributed by atoms with Crippen LogP contribution >= 0.6 is 0 Å². The molecule has 0 amide bonds. The van der Waals surface area contributed by atoms with E-state index in [9.17, 15) is 4.79 Å². The van der Waals surface area contributed by atoms with Gasteiger partial charge in [0.15, 0.2) is 5.78 Å². The molecule has 0 spiro atoms. The highest BCUT2D eigenvalue weighted by atomic mass is 16.5. The summed E-state index contributed by atoms with van der Waals surface area (Å²) in [6.45, 7) is 6.33. The van der Waals surface area contributed by atoms with Gasteiger partial charge in [-0.2, -0.15) is 0 Å². The molecule has 0 radical (unpaired) electrons. The van der Waals surface area contributed by atoms with E-state index in [2.05, 4.69) is 6.92 Å². The van der Waals surface area contributed by atoms with Crippen LogP contribution < -0.4 is 0 Å². The van der Waals surface area contributed by atoms with E-state index < -0.39 is 0 Å². The van der Waals surface area contributed by atoms with E-state index in [0.717, 1.165) is 12.8 Å². The summed E-state index contributed by atoms with van der Waals surface area (Å²) in [6.07, 6.45) is 5.94. The highest BCUT2D eigenvalue weighted by Crippen LogP contribution is 2.36. The maximum absolute atomic E-state index is 11.9. The predicted molar refractivity (Wildman–Crippen MR) is 57.3 cm³/mol. The summed E-state index contributed by atoms with van der Waals surface area (Å²) in [4.78, 5) is 11.9. The molecule has 2 nitrogen and oxygen atoms in total. The molecule has 0 aliphatic heterocycles. The van der Waals surface area contributed by atoms with Gasteiger partial charge in [-0.3, -0.25) is 4.79 Å². The Morgan fingerprint density at radius 1 is 1.29 bits per heavy atom. The largest absolute Gasteiger partial charge is 0.371 e. The first-order valence-electron chi connectivity index (χ1n) is 5.69. The van der Waals surface area contributed by atoms with E-state index in [0.29, 0.717) is 12.4 Å². The molecule has 2 heteroatoms. The first kappa shape index (κ1) is 11.7. The zero-order valence-corrected chi connectivity index (χ0v) is 9.64. The van der Waals surface area contributed by atoms with Crippen molar-refractivity contribution in [3.05, 3.63) is 0 Å². The SMILES string of the molecule is CC(C)OCC(=O)C1(C)CCCCC1. The normalized spacial score (nSPS) is 21.1. The summed E-state index contributed by atoms with van der Waals surface area (Å²) in [5, 5.41) is 0. The second-order valence-corrected chi connectivity index (χ2v) is 4.90. The molecule has 0 aromatic heterocycles. The molecule has 0 bridgehead atoms. The van der Waals surface area contributed by atoms with E-state index >= 15 is 0 Å². The topological polar surface area (TPSA) is 26.3 Å². The van der Waals surface area contributed by atoms with Crippen LogP contribution in [0.5, 0.6) is 0 Å². The summed E-state index contributed by atoms with van der Waals surface area (Å²) in [5.74, 6) is 0.297. The highest BCUT2D eigenvalue weighted by Gasteiger charge is 2.34. The zero-order chi connectivity index (χ0) is 10.6. The molecule has 1 rings (SSSR count). The zero-order valence-electron chi connectivity index (χ0n) is 9.64. The van der Waals surface area contributed by atoms with Crippen molar-refractivity contribution in [2.45, 2.75) is 59.0 Å². The van der Waals surface area contributed by atoms with Gasteiger partial charge in [-0.1, -0.05) is 26.2 Å². The molecule has 82 valence electrons. The maximum Gasteiger partial charge on any atom is 0.164 e. The van der Waals surface area contributed by atoms with Crippen LogP contribution in [0.1, 0.15) is 52.9 Å². The predicted octanol–water partition coefficient (Wildman–Crippen LogP) is 2.95. The van der Waals surface area contributed by atoms with Crippen molar-refractivity contribution >= 4 is 5.78 Å². The van der Waals surface area contributed by atoms with Crippen molar-refractivity contribution in [3.8, 4) is 0 Å². The molecule has 0 heterocycles. The molecule has 1 fully saturated rings. The molecule has 0 aromatic rings. The molecule has 0 saturated heterocycles. The summed E-state index contributed by atoms with van der Waals surface area (Å²) in [5.41, 5.74) is -0.0901. The molecule has 1 aliphatic rings. The fraction of sp³-hybridized carbons (Fsp3) is 0.917. The lowest BCUT2D eigenvalue weighted by Gasteiger charge is -2.32. The number of Topliss-reactive ketones (excluding diaryl/α,β-unsaturated/α-hetero) is 1. The summed E-state index contributed by atoms with van der Waals surface area (Å²) in [6, 6.07) is 0. The molecule has 14 heavy (non-hydrogen) atoms. The Bertz CT molecular complexity index is 190. The second-order valence-electron chi connectivity index (χ2n) is 4.90. The molecule has 0 unspecified atom stereocenters. The molecule has 1 aliphatic carbocycles. The van der Waals surface area contributed by atoms with Gasteiger partial charge in [0.25, 0.3) is 0 Å². The van der Waals surface area contributed by atoms with Crippen molar-refractivity contribution < 1.29 is 9.53 Å². The van der Waals surface area contributed by atoms with Crippen molar-refractivity contribution in [2.24, 2.45) is 5.41 Å². The molecular formula is C12H22O2. The molecule has 0 atom stereocenters. The molecule has 0 aromatic carbocycles. The quantitative estimate of drug-likeness (QED) is 0.694. The minimum Gasteiger partial charge on any atom is -0.371 e. The summed E-state index contributed by atoms with van der Waals surface area (Å²) < 4.78 is 5.37. The number of hydrogen-bond acceptors (Lipinski definition) is 2. The van der Waals surface area contributed by atoms with Gasteiger partial charge in [0.2, 0.25) is 0 Å². The van der Waals surface area contributed by atoms with Crippen LogP contribution in [-0.2, 0) is 9.53 Å². The lowest BCUT2D eigenvalue weighted by molar-refractivity contribution is -0.135. The number of ether oxygens (including phenoxy) is 1. The third-order valence-corrected chi connectivity index (χ3v) is 3.18. The lowest BCUT2D eigenvalue weighted by atomic mass is 9.73. The van der Waals surface area contributed by atoms with Gasteiger partial charge in [-0.25, -0.2) is 0 Å². The number of ketones is 1. The molecule has 0 N–H and O–H groups in total. The molecule has 1 saturated carbocycles. The van der Waals surface area contributed by atoms with Crippen LogP contribution in [0.15, 0.2) is 0 Å². The summed E-state index contributed by atoms with van der Waals surface area (Å²) >= 11 is 0. The minimum atomic E-state index is -0.0901. The first-order valence-corrected chi connectivity index (χ1v) is 5.69. The van der Waals surface area contributed by atoms with Gasteiger partial charge in [-0.15, -0.1) is 0 Å². The monoisotopic (exact) mass is 198 g/mol. The number of rotatable bonds is 4. The molecular weight excluding hydrogens is 176 g/mol. The third kappa shape index (κ3) is 3.09. The fourth-order valence-corrected chi connectivity index (χ4v) is 2.03. The van der Waals surface area contributed by atoms with Gasteiger partial charge in [0, 0.05) is 5.41 Å². The standard InChI is InChI=1S/C12H22O2/c1-10(2)14-9-11(13)12(3)7-5-4-6-8-12/h10H,4-9H2,1-3H3. The Labute approximate surface area is 87.0 Å². The van der Waals surface area contributed by atoms with Gasteiger partial charge < -0.3 is 4.74 Å². The van der Waals surface area contributed by atoms with Gasteiger partial charge in [0.05, 0.1) is 6.10 Å². The number of carbonyl (C=O) groups excluding carboxylic acids is 1.